The van der Waals surface area contributed by atoms with Gasteiger partial charge in [0, 0.05) is 12.0 Å². The van der Waals surface area contributed by atoms with Crippen LogP contribution >= 0.6 is 0 Å². The lowest BCUT2D eigenvalue weighted by atomic mass is 9.92. The van der Waals surface area contributed by atoms with E-state index < -0.39 is 0 Å². The van der Waals surface area contributed by atoms with E-state index in [-0.39, 0.29) is 5.78 Å². The molecular weight excluding hydrogens is 320 g/mol. The van der Waals surface area contributed by atoms with Gasteiger partial charge >= 0.3 is 0 Å². The van der Waals surface area contributed by atoms with E-state index in [1.54, 1.807) is 0 Å². The third kappa shape index (κ3) is 4.20. The molecule has 0 atom stereocenters. The number of aryl methyl sites for hydroxylation is 1. The normalized spacial score (nSPS) is 10.5. The summed E-state index contributed by atoms with van der Waals surface area (Å²) in [6.07, 6.45) is 1.36. The summed E-state index contributed by atoms with van der Waals surface area (Å²) < 4.78 is 5.59. The van der Waals surface area contributed by atoms with E-state index in [4.69, 9.17) is 4.74 Å². The van der Waals surface area contributed by atoms with E-state index in [1.165, 1.54) is 11.1 Å². The number of Topliss-reactive ketones (excluding diaryl/α,β-unsaturated/α-hetero) is 1. The molecular formula is C24H24O2. The van der Waals surface area contributed by atoms with E-state index in [0.29, 0.717) is 18.6 Å². The predicted octanol–water partition coefficient (Wildman–Crippen LogP) is 5.88. The van der Waals surface area contributed by atoms with Crippen LogP contribution in [0, 0.1) is 6.92 Å². The molecule has 0 aliphatic rings. The quantitative estimate of drug-likeness (QED) is 0.501. The summed E-state index contributed by atoms with van der Waals surface area (Å²) in [6.45, 7) is 4.86. The first kappa shape index (κ1) is 17.9. The van der Waals surface area contributed by atoms with Crippen molar-refractivity contribution in [2.45, 2.75) is 26.7 Å². The summed E-state index contributed by atoms with van der Waals surface area (Å²) in [5.74, 6) is 0.928. The number of carbonyl (C=O) groups excluding carboxylic acids is 1. The molecule has 0 aromatic heterocycles. The van der Waals surface area contributed by atoms with Crippen LogP contribution in [0.5, 0.6) is 5.75 Å². The number of hydrogen-bond acceptors (Lipinski definition) is 2. The lowest BCUT2D eigenvalue weighted by molar-refractivity contribution is 0.0993. The number of ketones is 1. The largest absolute Gasteiger partial charge is 0.494 e. The number of benzene rings is 3. The Morgan fingerprint density at radius 3 is 2.19 bits per heavy atom. The number of ether oxygens (including phenoxy) is 1. The Hall–Kier alpha value is -2.87. The molecule has 0 saturated carbocycles. The molecule has 0 bridgehead atoms. The summed E-state index contributed by atoms with van der Waals surface area (Å²) in [5, 5.41) is 0. The smallest absolute Gasteiger partial charge is 0.167 e. The maximum Gasteiger partial charge on any atom is 0.167 e. The van der Waals surface area contributed by atoms with Gasteiger partial charge in [-0.2, -0.15) is 0 Å². The van der Waals surface area contributed by atoms with Gasteiger partial charge in [-0.25, -0.2) is 0 Å². The molecule has 0 fully saturated rings. The van der Waals surface area contributed by atoms with Crippen LogP contribution in [0.15, 0.2) is 72.8 Å². The minimum Gasteiger partial charge on any atom is -0.494 e. The third-order valence-corrected chi connectivity index (χ3v) is 4.45. The highest BCUT2D eigenvalue weighted by molar-refractivity contribution is 5.98. The molecule has 2 heteroatoms. The molecule has 0 unspecified atom stereocenters. The maximum absolute atomic E-state index is 12.8. The average Bonchev–Trinajstić information content (AvgIpc) is 2.68. The Balaban J connectivity index is 1.81. The Morgan fingerprint density at radius 2 is 1.50 bits per heavy atom. The van der Waals surface area contributed by atoms with Gasteiger partial charge in [0.05, 0.1) is 6.61 Å². The number of hydrogen-bond donors (Lipinski definition) is 0. The summed E-state index contributed by atoms with van der Waals surface area (Å²) >= 11 is 0. The average molecular weight is 344 g/mol. The van der Waals surface area contributed by atoms with Crippen LogP contribution in [-0.4, -0.2) is 12.4 Å². The molecule has 0 amide bonds. The van der Waals surface area contributed by atoms with Crippen molar-refractivity contribution in [1.29, 1.82) is 0 Å². The van der Waals surface area contributed by atoms with Gasteiger partial charge in [0.1, 0.15) is 5.75 Å². The standard InChI is InChI=1S/C24H24O2/c1-3-16-26-21-14-12-19(13-15-21)24(25)17-20-9-5-7-11-23(20)22-10-6-4-8-18(22)2/h4-15H,3,16-17H2,1-2H3. The molecule has 0 radical (unpaired) electrons. The van der Waals surface area contributed by atoms with Gasteiger partial charge in [0.15, 0.2) is 5.78 Å². The molecule has 0 heterocycles. The van der Waals surface area contributed by atoms with Crippen LogP contribution in [0.3, 0.4) is 0 Å². The van der Waals surface area contributed by atoms with E-state index in [1.807, 2.05) is 54.6 Å². The summed E-state index contributed by atoms with van der Waals surface area (Å²) in [4.78, 5) is 12.8. The van der Waals surface area contributed by atoms with Gasteiger partial charge in [-0.3, -0.25) is 4.79 Å². The zero-order valence-electron chi connectivity index (χ0n) is 15.4. The first-order valence-corrected chi connectivity index (χ1v) is 9.09. The van der Waals surface area contributed by atoms with Crippen molar-refractivity contribution in [2.75, 3.05) is 6.61 Å². The SMILES string of the molecule is CCCOc1ccc(C(=O)Cc2ccccc2-c2ccccc2C)cc1. The van der Waals surface area contributed by atoms with Crippen LogP contribution in [0.4, 0.5) is 0 Å². The fourth-order valence-corrected chi connectivity index (χ4v) is 3.04. The van der Waals surface area contributed by atoms with E-state index in [0.717, 1.165) is 23.3 Å². The topological polar surface area (TPSA) is 26.3 Å². The molecule has 0 aliphatic heterocycles. The Labute approximate surface area is 155 Å². The Morgan fingerprint density at radius 1 is 0.846 bits per heavy atom. The molecule has 3 aromatic carbocycles. The summed E-state index contributed by atoms with van der Waals surface area (Å²) in [5.41, 5.74) is 5.29. The van der Waals surface area contributed by atoms with Gasteiger partial charge in [0.25, 0.3) is 0 Å². The molecule has 0 spiro atoms. The fraction of sp³-hybridized carbons (Fsp3) is 0.208. The zero-order chi connectivity index (χ0) is 18.4. The molecule has 132 valence electrons. The second-order valence-corrected chi connectivity index (χ2v) is 6.44. The molecule has 26 heavy (non-hydrogen) atoms. The van der Waals surface area contributed by atoms with Crippen LogP contribution in [-0.2, 0) is 6.42 Å². The lowest BCUT2D eigenvalue weighted by Crippen LogP contribution is -2.05. The minimum atomic E-state index is 0.119. The minimum absolute atomic E-state index is 0.119. The van der Waals surface area contributed by atoms with E-state index in [2.05, 4.69) is 32.0 Å². The van der Waals surface area contributed by atoms with Crippen molar-refractivity contribution in [2.24, 2.45) is 0 Å². The highest BCUT2D eigenvalue weighted by Crippen LogP contribution is 2.27. The van der Waals surface area contributed by atoms with Gasteiger partial charge in [0.2, 0.25) is 0 Å². The summed E-state index contributed by atoms with van der Waals surface area (Å²) in [7, 11) is 0. The van der Waals surface area contributed by atoms with Crippen LogP contribution in [0.2, 0.25) is 0 Å². The van der Waals surface area contributed by atoms with Crippen LogP contribution < -0.4 is 4.74 Å². The maximum atomic E-state index is 12.8. The first-order valence-electron chi connectivity index (χ1n) is 9.09. The first-order chi connectivity index (χ1) is 12.7. The Bertz CT molecular complexity index is 879. The van der Waals surface area contributed by atoms with Crippen molar-refractivity contribution in [1.82, 2.24) is 0 Å². The molecule has 0 N–H and O–H groups in total. The lowest BCUT2D eigenvalue weighted by Gasteiger charge is -2.12. The second-order valence-electron chi connectivity index (χ2n) is 6.44. The number of carbonyl (C=O) groups is 1. The molecule has 0 aliphatic carbocycles. The van der Waals surface area contributed by atoms with Crippen molar-refractivity contribution >= 4 is 5.78 Å². The van der Waals surface area contributed by atoms with Gasteiger partial charge in [-0.05, 0) is 59.9 Å². The third-order valence-electron chi connectivity index (χ3n) is 4.45. The van der Waals surface area contributed by atoms with Crippen molar-refractivity contribution in [3.63, 3.8) is 0 Å². The highest BCUT2D eigenvalue weighted by Gasteiger charge is 2.12. The van der Waals surface area contributed by atoms with Crippen molar-refractivity contribution in [3.05, 3.63) is 89.5 Å². The monoisotopic (exact) mass is 344 g/mol. The van der Waals surface area contributed by atoms with Crippen LogP contribution in [0.1, 0.15) is 34.8 Å². The zero-order valence-corrected chi connectivity index (χ0v) is 15.4. The molecule has 2 nitrogen and oxygen atoms in total. The molecule has 0 saturated heterocycles. The number of rotatable bonds is 7. The highest BCUT2D eigenvalue weighted by atomic mass is 16.5. The van der Waals surface area contributed by atoms with Gasteiger partial charge in [-0.15, -0.1) is 0 Å². The second kappa shape index (κ2) is 8.48. The van der Waals surface area contributed by atoms with Crippen molar-refractivity contribution in [3.8, 4) is 16.9 Å². The predicted molar refractivity (Wildman–Crippen MR) is 107 cm³/mol. The van der Waals surface area contributed by atoms with Crippen molar-refractivity contribution < 1.29 is 9.53 Å². The summed E-state index contributed by atoms with van der Waals surface area (Å²) in [6, 6.07) is 23.9. The fourth-order valence-electron chi connectivity index (χ4n) is 3.04. The van der Waals surface area contributed by atoms with Crippen LogP contribution in [0.25, 0.3) is 11.1 Å². The van der Waals surface area contributed by atoms with E-state index in [9.17, 15) is 4.79 Å². The van der Waals surface area contributed by atoms with Gasteiger partial charge in [-0.1, -0.05) is 55.5 Å². The molecule has 3 rings (SSSR count). The van der Waals surface area contributed by atoms with Gasteiger partial charge < -0.3 is 4.74 Å². The van der Waals surface area contributed by atoms with E-state index >= 15 is 0 Å². The Kier molecular flexibility index (Phi) is 5.85. The molecule has 3 aromatic rings.